The summed E-state index contributed by atoms with van der Waals surface area (Å²) in [6, 6.07) is 12.0. The van der Waals surface area contributed by atoms with Crippen LogP contribution in [0.3, 0.4) is 0 Å². The van der Waals surface area contributed by atoms with Crippen LogP contribution in [0, 0.1) is 19.8 Å². The van der Waals surface area contributed by atoms with Crippen LogP contribution >= 0.6 is 0 Å². The second-order valence-electron chi connectivity index (χ2n) is 8.75. The van der Waals surface area contributed by atoms with E-state index in [1.54, 1.807) is 18.2 Å². The molecule has 0 radical (unpaired) electrons. The Balaban J connectivity index is 1.69. The number of rotatable bonds is 7. The van der Waals surface area contributed by atoms with Gasteiger partial charge in [0.05, 0.1) is 4.90 Å². The second-order valence-corrected chi connectivity index (χ2v) is 10.4. The number of hydrogen-bond acceptors (Lipinski definition) is 4. The van der Waals surface area contributed by atoms with Crippen LogP contribution < -0.4 is 10.0 Å². The Morgan fingerprint density at radius 2 is 1.87 bits per heavy atom. The number of likely N-dealkylation sites (tertiary alicyclic amines) is 1. The summed E-state index contributed by atoms with van der Waals surface area (Å²) < 4.78 is 28.2. The van der Waals surface area contributed by atoms with E-state index in [9.17, 15) is 13.2 Å². The van der Waals surface area contributed by atoms with Crippen molar-refractivity contribution in [2.75, 3.05) is 24.4 Å². The summed E-state index contributed by atoms with van der Waals surface area (Å²) in [7, 11) is -3.79. The molecule has 0 saturated carbocycles. The molecule has 2 atom stereocenters. The predicted octanol–water partition coefficient (Wildman–Crippen LogP) is 3.95. The number of amides is 1. The lowest BCUT2D eigenvalue weighted by molar-refractivity contribution is 0.0916. The smallest absolute Gasteiger partial charge is 0.261 e. The molecule has 31 heavy (non-hydrogen) atoms. The Hall–Kier alpha value is -2.38. The van der Waals surface area contributed by atoms with E-state index in [-0.39, 0.29) is 16.8 Å². The first-order chi connectivity index (χ1) is 14.7. The van der Waals surface area contributed by atoms with Crippen molar-refractivity contribution in [2.24, 2.45) is 5.92 Å². The van der Waals surface area contributed by atoms with Crippen LogP contribution in [0.15, 0.2) is 47.4 Å². The molecular formula is C24H33N3O3S. The summed E-state index contributed by atoms with van der Waals surface area (Å²) in [5.41, 5.74) is 2.66. The average Bonchev–Trinajstić information content (AvgIpc) is 2.73. The molecule has 0 aromatic heterocycles. The van der Waals surface area contributed by atoms with Gasteiger partial charge in [0.25, 0.3) is 15.9 Å². The highest BCUT2D eigenvalue weighted by Gasteiger charge is 2.22. The zero-order chi connectivity index (χ0) is 22.6. The number of carbonyl (C=O) groups is 1. The summed E-state index contributed by atoms with van der Waals surface area (Å²) in [4.78, 5) is 15.3. The lowest BCUT2D eigenvalue weighted by atomic mass is 9.99. The second kappa shape index (κ2) is 9.83. The quantitative estimate of drug-likeness (QED) is 0.679. The Kier molecular flexibility index (Phi) is 7.38. The molecule has 1 saturated heterocycles. The summed E-state index contributed by atoms with van der Waals surface area (Å²) in [6.45, 7) is 10.8. The molecule has 168 valence electrons. The Labute approximate surface area is 186 Å². The third kappa shape index (κ3) is 6.08. The van der Waals surface area contributed by atoms with Crippen molar-refractivity contribution >= 4 is 21.6 Å². The maximum absolute atomic E-state index is 12.8. The molecule has 1 fully saturated rings. The first kappa shape index (κ1) is 23.3. The van der Waals surface area contributed by atoms with Gasteiger partial charge in [-0.3, -0.25) is 14.4 Å². The normalized spacial score (nSPS) is 18.4. The van der Waals surface area contributed by atoms with Gasteiger partial charge >= 0.3 is 0 Å². The summed E-state index contributed by atoms with van der Waals surface area (Å²) >= 11 is 0. The van der Waals surface area contributed by atoms with Gasteiger partial charge in [-0.2, -0.15) is 0 Å². The predicted molar refractivity (Wildman–Crippen MR) is 125 cm³/mol. The molecule has 7 heteroatoms. The van der Waals surface area contributed by atoms with Crippen molar-refractivity contribution in [3.8, 4) is 0 Å². The van der Waals surface area contributed by atoms with E-state index >= 15 is 0 Å². The highest BCUT2D eigenvalue weighted by atomic mass is 32.2. The number of sulfonamides is 1. The van der Waals surface area contributed by atoms with Crippen LogP contribution in [0.5, 0.6) is 0 Å². The number of anilines is 1. The largest absolute Gasteiger partial charge is 0.350 e. The number of piperidine rings is 1. The van der Waals surface area contributed by atoms with Crippen LogP contribution in [0.25, 0.3) is 0 Å². The van der Waals surface area contributed by atoms with Gasteiger partial charge in [0.1, 0.15) is 0 Å². The third-order valence-electron chi connectivity index (χ3n) is 5.94. The highest BCUT2D eigenvalue weighted by Crippen LogP contribution is 2.20. The van der Waals surface area contributed by atoms with Crippen molar-refractivity contribution in [2.45, 2.75) is 51.5 Å². The van der Waals surface area contributed by atoms with Gasteiger partial charge in [-0.15, -0.1) is 0 Å². The zero-order valence-electron chi connectivity index (χ0n) is 18.8. The number of benzene rings is 2. The molecule has 2 unspecified atom stereocenters. The molecule has 2 N–H and O–H groups in total. The van der Waals surface area contributed by atoms with Crippen LogP contribution in [-0.2, 0) is 10.0 Å². The molecule has 1 amide bonds. The molecule has 3 rings (SSSR count). The molecule has 6 nitrogen and oxygen atoms in total. The first-order valence-electron chi connectivity index (χ1n) is 10.9. The SMILES string of the molecule is Cc1ccc(NS(=O)(=O)c2ccc(C)c(C(=O)NCC(C)N3CCCC(C)C3)c2)cc1. The summed E-state index contributed by atoms with van der Waals surface area (Å²) in [5.74, 6) is 0.429. The van der Waals surface area contributed by atoms with Crippen LogP contribution in [0.4, 0.5) is 5.69 Å². The molecule has 2 aromatic rings. The molecule has 0 aliphatic carbocycles. The molecule has 2 aromatic carbocycles. The molecule has 1 aliphatic heterocycles. The third-order valence-corrected chi connectivity index (χ3v) is 7.32. The number of nitrogens with zero attached hydrogens (tertiary/aromatic N) is 1. The van der Waals surface area contributed by atoms with Crippen LogP contribution in [-0.4, -0.2) is 44.9 Å². The van der Waals surface area contributed by atoms with E-state index in [2.05, 4.69) is 28.8 Å². The van der Waals surface area contributed by atoms with Crippen LogP contribution in [0.2, 0.25) is 0 Å². The number of aryl methyl sites for hydroxylation is 2. The van der Waals surface area contributed by atoms with E-state index in [0.717, 1.165) is 24.2 Å². The van der Waals surface area contributed by atoms with Gasteiger partial charge < -0.3 is 5.32 Å². The molecule has 1 heterocycles. The lowest BCUT2D eigenvalue weighted by Gasteiger charge is -2.35. The van der Waals surface area contributed by atoms with Gasteiger partial charge in [0.2, 0.25) is 0 Å². The molecular weight excluding hydrogens is 410 g/mol. The summed E-state index contributed by atoms with van der Waals surface area (Å²) in [6.07, 6.45) is 2.44. The van der Waals surface area contributed by atoms with Gasteiger partial charge in [-0.1, -0.05) is 30.7 Å². The van der Waals surface area contributed by atoms with Crippen molar-refractivity contribution in [1.29, 1.82) is 0 Å². The van der Waals surface area contributed by atoms with Gasteiger partial charge in [-0.05, 0) is 75.9 Å². The van der Waals surface area contributed by atoms with Crippen LogP contribution in [0.1, 0.15) is 48.2 Å². The minimum atomic E-state index is -3.79. The topological polar surface area (TPSA) is 78.5 Å². The minimum absolute atomic E-state index is 0.0710. The number of nitrogens with one attached hydrogen (secondary N) is 2. The maximum Gasteiger partial charge on any atom is 0.261 e. The Morgan fingerprint density at radius 3 is 2.55 bits per heavy atom. The number of carbonyl (C=O) groups excluding carboxylic acids is 1. The van der Waals surface area contributed by atoms with E-state index in [4.69, 9.17) is 0 Å². The van der Waals surface area contributed by atoms with Gasteiger partial charge in [0.15, 0.2) is 0 Å². The number of hydrogen-bond donors (Lipinski definition) is 2. The lowest BCUT2D eigenvalue weighted by Crippen LogP contribution is -2.46. The Bertz CT molecular complexity index is 1020. The fraction of sp³-hybridized carbons (Fsp3) is 0.458. The monoisotopic (exact) mass is 443 g/mol. The van der Waals surface area contributed by atoms with Crippen molar-refractivity contribution in [3.63, 3.8) is 0 Å². The van der Waals surface area contributed by atoms with E-state index in [1.807, 2.05) is 26.0 Å². The van der Waals surface area contributed by atoms with E-state index < -0.39 is 10.0 Å². The average molecular weight is 444 g/mol. The molecule has 1 aliphatic rings. The van der Waals surface area contributed by atoms with Gasteiger partial charge in [-0.25, -0.2) is 8.42 Å². The highest BCUT2D eigenvalue weighted by molar-refractivity contribution is 7.92. The Morgan fingerprint density at radius 1 is 1.16 bits per heavy atom. The summed E-state index contributed by atoms with van der Waals surface area (Å²) in [5, 5.41) is 2.99. The standard InChI is InChI=1S/C24H33N3O3S/c1-17-7-10-21(11-8-17)26-31(29,30)22-12-9-19(3)23(14-22)24(28)25-15-20(4)27-13-5-6-18(2)16-27/h7-12,14,18,20,26H,5-6,13,15-16H2,1-4H3,(H,25,28). The van der Waals surface area contributed by atoms with Gasteiger partial charge in [0, 0.05) is 30.4 Å². The van der Waals surface area contributed by atoms with Crippen molar-refractivity contribution < 1.29 is 13.2 Å². The first-order valence-corrected chi connectivity index (χ1v) is 12.4. The van der Waals surface area contributed by atoms with E-state index in [0.29, 0.717) is 23.7 Å². The maximum atomic E-state index is 12.8. The van der Waals surface area contributed by atoms with E-state index in [1.165, 1.54) is 25.0 Å². The fourth-order valence-corrected chi connectivity index (χ4v) is 5.02. The zero-order valence-corrected chi connectivity index (χ0v) is 19.6. The van der Waals surface area contributed by atoms with Crippen molar-refractivity contribution in [1.82, 2.24) is 10.2 Å². The fourth-order valence-electron chi connectivity index (χ4n) is 3.94. The molecule has 0 spiro atoms. The van der Waals surface area contributed by atoms with Crippen molar-refractivity contribution in [3.05, 3.63) is 59.2 Å². The minimum Gasteiger partial charge on any atom is -0.350 e. The molecule has 0 bridgehead atoms.